The minimum Gasteiger partial charge on any atom is -0.497 e. The van der Waals surface area contributed by atoms with Crippen LogP contribution in [0.25, 0.3) is 15.3 Å². The van der Waals surface area contributed by atoms with Crippen LogP contribution in [0.4, 0.5) is 5.82 Å². The lowest BCUT2D eigenvalue weighted by atomic mass is 10.2. The molecule has 1 amide bonds. The van der Waals surface area contributed by atoms with Crippen molar-refractivity contribution in [3.8, 4) is 10.9 Å². The second-order valence-corrected chi connectivity index (χ2v) is 9.63. The SMILES string of the molecule is COc1ccc2sc(-n3nc(C)cc3NC(=O)c3ccccc3S(C)(=O)=O)nc2c1. The van der Waals surface area contributed by atoms with Gasteiger partial charge in [-0.3, -0.25) is 4.79 Å². The van der Waals surface area contributed by atoms with Crippen molar-refractivity contribution in [2.75, 3.05) is 18.7 Å². The number of thiazole rings is 1. The van der Waals surface area contributed by atoms with Crippen molar-refractivity contribution in [2.24, 2.45) is 0 Å². The lowest BCUT2D eigenvalue weighted by Gasteiger charge is -2.09. The predicted octanol–water partition coefficient (Wildman–Crippen LogP) is 3.45. The van der Waals surface area contributed by atoms with Gasteiger partial charge in [-0.1, -0.05) is 23.5 Å². The third kappa shape index (κ3) is 3.79. The van der Waals surface area contributed by atoms with Crippen LogP contribution in [0.1, 0.15) is 16.1 Å². The highest BCUT2D eigenvalue weighted by Crippen LogP contribution is 2.30. The molecule has 0 spiro atoms. The number of aromatic nitrogens is 3. The number of ether oxygens (including phenoxy) is 1. The van der Waals surface area contributed by atoms with Crippen LogP contribution in [0.5, 0.6) is 5.75 Å². The molecule has 30 heavy (non-hydrogen) atoms. The largest absolute Gasteiger partial charge is 0.497 e. The number of sulfone groups is 1. The highest BCUT2D eigenvalue weighted by molar-refractivity contribution is 7.90. The lowest BCUT2D eigenvalue weighted by molar-refractivity contribution is 0.102. The Labute approximate surface area is 177 Å². The molecule has 4 aromatic rings. The molecule has 4 rings (SSSR count). The zero-order valence-electron chi connectivity index (χ0n) is 16.4. The van der Waals surface area contributed by atoms with Gasteiger partial charge in [-0.2, -0.15) is 9.78 Å². The average Bonchev–Trinajstić information content (AvgIpc) is 3.29. The van der Waals surface area contributed by atoms with E-state index in [9.17, 15) is 13.2 Å². The number of carbonyl (C=O) groups is 1. The second kappa shape index (κ2) is 7.54. The van der Waals surface area contributed by atoms with Crippen molar-refractivity contribution < 1.29 is 17.9 Å². The Hall–Kier alpha value is -3.24. The van der Waals surface area contributed by atoms with Gasteiger partial charge in [-0.25, -0.2) is 13.4 Å². The molecule has 8 nitrogen and oxygen atoms in total. The van der Waals surface area contributed by atoms with Crippen LogP contribution in [0, 0.1) is 6.92 Å². The third-order valence-electron chi connectivity index (χ3n) is 4.37. The van der Waals surface area contributed by atoms with Crippen LogP contribution in [-0.4, -0.2) is 42.5 Å². The first kappa shape index (κ1) is 20.0. The van der Waals surface area contributed by atoms with Crippen molar-refractivity contribution in [2.45, 2.75) is 11.8 Å². The minimum absolute atomic E-state index is 0.0302. The Balaban J connectivity index is 1.72. The van der Waals surface area contributed by atoms with Gasteiger partial charge in [0.05, 0.1) is 33.5 Å². The molecular weight excluding hydrogens is 424 g/mol. The number of anilines is 1. The monoisotopic (exact) mass is 442 g/mol. The van der Waals surface area contributed by atoms with Gasteiger partial charge in [-0.05, 0) is 31.2 Å². The van der Waals surface area contributed by atoms with Crippen molar-refractivity contribution >= 4 is 43.1 Å². The molecule has 0 saturated carbocycles. The number of amides is 1. The van der Waals surface area contributed by atoms with E-state index in [2.05, 4.69) is 15.4 Å². The maximum absolute atomic E-state index is 12.9. The number of rotatable bonds is 5. The van der Waals surface area contributed by atoms with E-state index in [4.69, 9.17) is 4.74 Å². The number of fused-ring (bicyclic) bond motifs is 1. The molecule has 0 aliphatic carbocycles. The van der Waals surface area contributed by atoms with E-state index in [1.807, 2.05) is 18.2 Å². The molecule has 154 valence electrons. The molecule has 0 aliphatic rings. The van der Waals surface area contributed by atoms with Crippen molar-refractivity contribution in [1.29, 1.82) is 0 Å². The van der Waals surface area contributed by atoms with E-state index in [0.29, 0.717) is 22.4 Å². The van der Waals surface area contributed by atoms with E-state index < -0.39 is 15.7 Å². The smallest absolute Gasteiger partial charge is 0.258 e. The molecule has 0 fully saturated rings. The first-order chi connectivity index (χ1) is 14.3. The van der Waals surface area contributed by atoms with Crippen LogP contribution in [0.15, 0.2) is 53.4 Å². The number of nitrogens with one attached hydrogen (secondary N) is 1. The van der Waals surface area contributed by atoms with Crippen LogP contribution in [0.3, 0.4) is 0 Å². The molecule has 0 unspecified atom stereocenters. The fourth-order valence-corrected chi connectivity index (χ4v) is 4.81. The van der Waals surface area contributed by atoms with Gasteiger partial charge >= 0.3 is 0 Å². The Morgan fingerprint density at radius 3 is 2.67 bits per heavy atom. The maximum Gasteiger partial charge on any atom is 0.258 e. The van der Waals surface area contributed by atoms with Crippen LogP contribution < -0.4 is 10.1 Å². The zero-order valence-corrected chi connectivity index (χ0v) is 18.0. The first-order valence-corrected chi connectivity index (χ1v) is 11.6. The zero-order chi connectivity index (χ0) is 21.5. The topological polar surface area (TPSA) is 103 Å². The van der Waals surface area contributed by atoms with Gasteiger partial charge in [0, 0.05) is 18.4 Å². The third-order valence-corrected chi connectivity index (χ3v) is 6.54. The number of aryl methyl sites for hydroxylation is 1. The normalized spacial score (nSPS) is 11.6. The van der Waals surface area contributed by atoms with Crippen molar-refractivity contribution in [1.82, 2.24) is 14.8 Å². The highest BCUT2D eigenvalue weighted by Gasteiger charge is 2.21. The molecule has 2 aromatic carbocycles. The standard InChI is InChI=1S/C20H18N4O4S2/c1-12-10-18(22-19(25)14-6-4-5-7-17(14)30(3,26)27)24(23-12)20-21-15-11-13(28-2)8-9-16(15)29-20/h4-11H,1-3H3,(H,22,25). The van der Waals surface area contributed by atoms with Gasteiger partial charge < -0.3 is 10.1 Å². The number of nitrogens with zero attached hydrogens (tertiary/aromatic N) is 3. The summed E-state index contributed by atoms with van der Waals surface area (Å²) in [4.78, 5) is 17.4. The summed E-state index contributed by atoms with van der Waals surface area (Å²) in [5.41, 5.74) is 1.50. The van der Waals surface area contributed by atoms with Crippen LogP contribution >= 0.6 is 11.3 Å². The molecule has 10 heteroatoms. The van der Waals surface area contributed by atoms with Gasteiger partial charge in [0.25, 0.3) is 5.91 Å². The summed E-state index contributed by atoms with van der Waals surface area (Å²) in [5, 5.41) is 7.77. The molecule has 1 N–H and O–H groups in total. The molecular formula is C20H18N4O4S2. The molecule has 2 heterocycles. The molecule has 2 aromatic heterocycles. The van der Waals surface area contributed by atoms with E-state index in [1.54, 1.807) is 32.2 Å². The molecule has 0 bridgehead atoms. The quantitative estimate of drug-likeness (QED) is 0.508. The summed E-state index contributed by atoms with van der Waals surface area (Å²) >= 11 is 1.41. The van der Waals surface area contributed by atoms with Gasteiger partial charge in [0.2, 0.25) is 5.13 Å². The summed E-state index contributed by atoms with van der Waals surface area (Å²) < 4.78 is 31.8. The average molecular weight is 443 g/mol. The molecule has 0 atom stereocenters. The van der Waals surface area contributed by atoms with Gasteiger partial charge in [0.15, 0.2) is 9.84 Å². The molecule has 0 saturated heterocycles. The van der Waals surface area contributed by atoms with Gasteiger partial charge in [0.1, 0.15) is 11.6 Å². The van der Waals surface area contributed by atoms with E-state index in [-0.39, 0.29) is 10.5 Å². The van der Waals surface area contributed by atoms with Crippen molar-refractivity contribution in [3.63, 3.8) is 0 Å². The Morgan fingerprint density at radius 2 is 1.93 bits per heavy atom. The second-order valence-electron chi connectivity index (χ2n) is 6.64. The number of methoxy groups -OCH3 is 1. The summed E-state index contributed by atoms with van der Waals surface area (Å²) in [6.45, 7) is 1.80. The Bertz CT molecular complexity index is 1370. The highest BCUT2D eigenvalue weighted by atomic mass is 32.2. The van der Waals surface area contributed by atoms with Crippen molar-refractivity contribution in [3.05, 3.63) is 59.8 Å². The fourth-order valence-electron chi connectivity index (χ4n) is 3.01. The first-order valence-electron chi connectivity index (χ1n) is 8.88. The number of benzene rings is 2. The lowest BCUT2D eigenvalue weighted by Crippen LogP contribution is -2.18. The Kier molecular flexibility index (Phi) is 5.04. The Morgan fingerprint density at radius 1 is 1.17 bits per heavy atom. The van der Waals surface area contributed by atoms with E-state index >= 15 is 0 Å². The molecule has 0 aliphatic heterocycles. The predicted molar refractivity (Wildman–Crippen MR) is 116 cm³/mol. The summed E-state index contributed by atoms with van der Waals surface area (Å²) in [6, 6.07) is 13.4. The fraction of sp³-hybridized carbons (Fsp3) is 0.150. The number of carbonyl (C=O) groups excluding carboxylic acids is 1. The van der Waals surface area contributed by atoms with Crippen LogP contribution in [-0.2, 0) is 9.84 Å². The summed E-state index contributed by atoms with van der Waals surface area (Å²) in [7, 11) is -1.97. The summed E-state index contributed by atoms with van der Waals surface area (Å²) in [6.07, 6.45) is 1.07. The van der Waals surface area contributed by atoms with Crippen LogP contribution in [0.2, 0.25) is 0 Å². The maximum atomic E-state index is 12.9. The molecule has 0 radical (unpaired) electrons. The van der Waals surface area contributed by atoms with Gasteiger partial charge in [-0.15, -0.1) is 0 Å². The summed E-state index contributed by atoms with van der Waals surface area (Å²) in [5.74, 6) is 0.550. The number of hydrogen-bond acceptors (Lipinski definition) is 7. The van der Waals surface area contributed by atoms with E-state index in [0.717, 1.165) is 16.5 Å². The van der Waals surface area contributed by atoms with E-state index in [1.165, 1.54) is 28.2 Å². The number of hydrogen-bond donors (Lipinski definition) is 1. The minimum atomic E-state index is -3.56.